The van der Waals surface area contributed by atoms with E-state index in [0.717, 1.165) is 23.4 Å². The van der Waals surface area contributed by atoms with Crippen LogP contribution in [0, 0.1) is 13.8 Å². The van der Waals surface area contributed by atoms with Crippen molar-refractivity contribution in [2.75, 3.05) is 10.7 Å². The molecule has 0 bridgehead atoms. The SMILES string of the molecule is Cc1ccc(-n2ncc3c(=O)n4c(nc32)SCC4CC(=O)N2c3ccccc3CC2C)c(C)c1. The van der Waals surface area contributed by atoms with Crippen LogP contribution < -0.4 is 10.5 Å². The van der Waals surface area contributed by atoms with Gasteiger partial charge in [-0.1, -0.05) is 47.7 Å². The number of para-hydroxylation sites is 1. The smallest absolute Gasteiger partial charge is 0.265 e. The predicted octanol–water partition coefficient (Wildman–Crippen LogP) is 4.21. The molecule has 0 saturated heterocycles. The van der Waals surface area contributed by atoms with E-state index in [1.54, 1.807) is 15.4 Å². The minimum absolute atomic E-state index is 0.0499. The summed E-state index contributed by atoms with van der Waals surface area (Å²) in [5, 5.41) is 5.62. The first kappa shape index (κ1) is 21.2. The van der Waals surface area contributed by atoms with E-state index in [1.807, 2.05) is 42.2 Å². The molecule has 2 unspecified atom stereocenters. The molecule has 2 aromatic carbocycles. The number of thioether (sulfide) groups is 1. The summed E-state index contributed by atoms with van der Waals surface area (Å²) in [6.45, 7) is 6.16. The maximum absolute atomic E-state index is 13.5. The second kappa shape index (κ2) is 7.84. The Balaban J connectivity index is 1.35. The van der Waals surface area contributed by atoms with Crippen LogP contribution in [0.25, 0.3) is 16.7 Å². The largest absolute Gasteiger partial charge is 0.309 e. The van der Waals surface area contributed by atoms with Crippen LogP contribution in [0.2, 0.25) is 0 Å². The Labute approximate surface area is 201 Å². The average Bonchev–Trinajstić information content (AvgIpc) is 3.49. The van der Waals surface area contributed by atoms with Gasteiger partial charge in [0, 0.05) is 23.9 Å². The molecule has 2 aliphatic heterocycles. The van der Waals surface area contributed by atoms with Gasteiger partial charge in [-0.05, 0) is 50.5 Å². The number of benzene rings is 2. The van der Waals surface area contributed by atoms with E-state index < -0.39 is 0 Å². The van der Waals surface area contributed by atoms with Crippen LogP contribution >= 0.6 is 11.8 Å². The minimum Gasteiger partial charge on any atom is -0.309 e. The van der Waals surface area contributed by atoms with Crippen LogP contribution in [0.15, 0.2) is 58.6 Å². The lowest BCUT2D eigenvalue weighted by atomic mass is 10.1. The topological polar surface area (TPSA) is 73.0 Å². The van der Waals surface area contributed by atoms with Crippen molar-refractivity contribution in [2.24, 2.45) is 0 Å². The first-order chi connectivity index (χ1) is 16.4. The Morgan fingerprint density at radius 2 is 1.97 bits per heavy atom. The standard InChI is InChI=1S/C26H25N5O2S/c1-15-8-9-21(16(2)10-15)31-24-20(13-27-31)25(33)30-19(14-34-26(30)28-24)12-23(32)29-17(3)11-18-6-4-5-7-22(18)29/h4-10,13,17,19H,11-12,14H2,1-3H3. The zero-order valence-corrected chi connectivity index (χ0v) is 20.2. The van der Waals surface area contributed by atoms with Gasteiger partial charge in [0.15, 0.2) is 10.8 Å². The van der Waals surface area contributed by atoms with Crippen molar-refractivity contribution in [3.05, 3.63) is 75.7 Å². The Bertz CT molecular complexity index is 1520. The number of aromatic nitrogens is 4. The lowest BCUT2D eigenvalue weighted by molar-refractivity contribution is -0.119. The van der Waals surface area contributed by atoms with Gasteiger partial charge in [-0.2, -0.15) is 5.10 Å². The highest BCUT2D eigenvalue weighted by Gasteiger charge is 2.35. The fourth-order valence-electron chi connectivity index (χ4n) is 5.25. The number of hydrogen-bond acceptors (Lipinski definition) is 5. The highest BCUT2D eigenvalue weighted by Crippen LogP contribution is 2.37. The second-order valence-electron chi connectivity index (χ2n) is 9.27. The van der Waals surface area contributed by atoms with E-state index in [9.17, 15) is 9.59 Å². The summed E-state index contributed by atoms with van der Waals surface area (Å²) < 4.78 is 3.44. The Morgan fingerprint density at radius 3 is 2.79 bits per heavy atom. The molecule has 34 heavy (non-hydrogen) atoms. The number of rotatable bonds is 3. The van der Waals surface area contributed by atoms with E-state index in [0.29, 0.717) is 21.9 Å². The fourth-order valence-corrected chi connectivity index (χ4v) is 6.38. The van der Waals surface area contributed by atoms with Crippen molar-refractivity contribution in [2.45, 2.75) is 50.9 Å². The summed E-state index contributed by atoms with van der Waals surface area (Å²) in [6, 6.07) is 14.1. The quantitative estimate of drug-likeness (QED) is 0.419. The number of fused-ring (bicyclic) bond motifs is 3. The molecule has 2 atom stereocenters. The van der Waals surface area contributed by atoms with E-state index in [1.165, 1.54) is 22.9 Å². The highest BCUT2D eigenvalue weighted by molar-refractivity contribution is 7.99. The van der Waals surface area contributed by atoms with E-state index >= 15 is 0 Å². The van der Waals surface area contributed by atoms with Gasteiger partial charge < -0.3 is 4.90 Å². The van der Waals surface area contributed by atoms with Gasteiger partial charge in [-0.25, -0.2) is 9.67 Å². The van der Waals surface area contributed by atoms with Crippen LogP contribution in [0.3, 0.4) is 0 Å². The summed E-state index contributed by atoms with van der Waals surface area (Å²) >= 11 is 1.53. The number of aryl methyl sites for hydroxylation is 2. The van der Waals surface area contributed by atoms with Crippen LogP contribution in [0.5, 0.6) is 0 Å². The van der Waals surface area contributed by atoms with Crippen molar-refractivity contribution in [3.63, 3.8) is 0 Å². The molecule has 8 heteroatoms. The van der Waals surface area contributed by atoms with E-state index in [-0.39, 0.29) is 30.0 Å². The molecule has 1 amide bonds. The Morgan fingerprint density at radius 1 is 1.15 bits per heavy atom. The molecule has 0 N–H and O–H groups in total. The summed E-state index contributed by atoms with van der Waals surface area (Å²) in [7, 11) is 0. The Kier molecular flexibility index (Phi) is 4.88. The number of amides is 1. The fraction of sp³-hybridized carbons (Fsp3) is 0.308. The molecule has 0 radical (unpaired) electrons. The molecule has 172 valence electrons. The molecule has 0 spiro atoms. The van der Waals surface area contributed by atoms with Gasteiger partial charge in [0.25, 0.3) is 5.56 Å². The van der Waals surface area contributed by atoms with Crippen LogP contribution in [0.4, 0.5) is 5.69 Å². The lowest BCUT2D eigenvalue weighted by Gasteiger charge is -2.24. The van der Waals surface area contributed by atoms with Gasteiger partial charge in [-0.3, -0.25) is 14.2 Å². The normalized spacial score (nSPS) is 19.0. The first-order valence-electron chi connectivity index (χ1n) is 11.5. The first-order valence-corrected chi connectivity index (χ1v) is 12.5. The highest BCUT2D eigenvalue weighted by atomic mass is 32.2. The van der Waals surface area contributed by atoms with Crippen molar-refractivity contribution < 1.29 is 4.79 Å². The molecule has 4 heterocycles. The Hall–Kier alpha value is -3.39. The van der Waals surface area contributed by atoms with E-state index in [4.69, 9.17) is 4.98 Å². The summed E-state index contributed by atoms with van der Waals surface area (Å²) in [6.07, 6.45) is 2.73. The third-order valence-electron chi connectivity index (χ3n) is 6.84. The van der Waals surface area contributed by atoms with E-state index in [2.05, 4.69) is 31.1 Å². The van der Waals surface area contributed by atoms with Gasteiger partial charge in [0.05, 0.1) is 17.9 Å². The number of carbonyl (C=O) groups is 1. The molecule has 7 nitrogen and oxygen atoms in total. The number of hydrogen-bond donors (Lipinski definition) is 0. The monoisotopic (exact) mass is 471 g/mol. The average molecular weight is 472 g/mol. The number of nitrogens with zero attached hydrogens (tertiary/aromatic N) is 5. The minimum atomic E-state index is -0.221. The van der Waals surface area contributed by atoms with Crippen molar-refractivity contribution >= 4 is 34.4 Å². The maximum Gasteiger partial charge on any atom is 0.265 e. The molecule has 0 aliphatic carbocycles. The third kappa shape index (κ3) is 3.20. The summed E-state index contributed by atoms with van der Waals surface area (Å²) in [5.41, 5.74) is 5.77. The van der Waals surface area contributed by atoms with Gasteiger partial charge in [-0.15, -0.1) is 0 Å². The molecule has 2 aliphatic rings. The molecule has 4 aromatic rings. The molecular weight excluding hydrogens is 446 g/mol. The van der Waals surface area contributed by atoms with Crippen LogP contribution in [0.1, 0.15) is 36.1 Å². The third-order valence-corrected chi connectivity index (χ3v) is 7.93. The van der Waals surface area contributed by atoms with Crippen molar-refractivity contribution in [1.29, 1.82) is 0 Å². The van der Waals surface area contributed by atoms with Crippen LogP contribution in [-0.2, 0) is 11.2 Å². The molecule has 6 rings (SSSR count). The second-order valence-corrected chi connectivity index (χ2v) is 10.3. The van der Waals surface area contributed by atoms with Crippen molar-refractivity contribution in [3.8, 4) is 5.69 Å². The van der Waals surface area contributed by atoms with Gasteiger partial charge in [0.1, 0.15) is 5.39 Å². The molecular formula is C26H25N5O2S. The molecule has 2 aromatic heterocycles. The molecule has 0 saturated carbocycles. The van der Waals surface area contributed by atoms with Crippen molar-refractivity contribution in [1.82, 2.24) is 19.3 Å². The van der Waals surface area contributed by atoms with Gasteiger partial charge in [0.2, 0.25) is 5.91 Å². The number of anilines is 1. The zero-order valence-electron chi connectivity index (χ0n) is 19.4. The predicted molar refractivity (Wildman–Crippen MR) is 134 cm³/mol. The van der Waals surface area contributed by atoms with Crippen LogP contribution in [-0.4, -0.2) is 37.0 Å². The summed E-state index contributed by atoms with van der Waals surface area (Å²) in [4.78, 5) is 33.6. The number of carbonyl (C=O) groups excluding carboxylic acids is 1. The van der Waals surface area contributed by atoms with Gasteiger partial charge >= 0.3 is 0 Å². The lowest BCUT2D eigenvalue weighted by Crippen LogP contribution is -2.38. The molecule has 0 fully saturated rings. The zero-order chi connectivity index (χ0) is 23.6. The summed E-state index contributed by atoms with van der Waals surface area (Å²) in [5.74, 6) is 0.704. The maximum atomic E-state index is 13.5.